The van der Waals surface area contributed by atoms with Gasteiger partial charge in [0.2, 0.25) is 0 Å². The molecule has 0 atom stereocenters. The Labute approximate surface area is 86.4 Å². The molecule has 0 aliphatic heterocycles. The maximum atomic E-state index is 13.1. The van der Waals surface area contributed by atoms with E-state index in [2.05, 4.69) is 38.5 Å². The summed E-state index contributed by atoms with van der Waals surface area (Å²) >= 11 is 5.22. The summed E-state index contributed by atoms with van der Waals surface area (Å²) in [5.74, 6) is -0.257. The quantitative estimate of drug-likeness (QED) is 0.622. The molecule has 0 radical (unpaired) electrons. The molecule has 0 saturated carbocycles. The highest BCUT2D eigenvalue weighted by Gasteiger charge is 2.05. The van der Waals surface area contributed by atoms with Gasteiger partial charge in [-0.1, -0.05) is 0 Å². The molecule has 0 bridgehead atoms. The van der Waals surface area contributed by atoms with Crippen LogP contribution in [0.1, 0.15) is 5.56 Å². The van der Waals surface area contributed by atoms with Crippen molar-refractivity contribution in [3.8, 4) is 0 Å². The van der Waals surface area contributed by atoms with Crippen molar-refractivity contribution in [2.24, 2.45) is 5.73 Å². The normalized spacial score (nSPS) is 10.2. The van der Waals surface area contributed by atoms with E-state index in [1.54, 1.807) is 12.1 Å². The van der Waals surface area contributed by atoms with Crippen LogP contribution in [-0.2, 0) is 6.54 Å². The molecular formula is C7H6BrFIN. The molecule has 11 heavy (non-hydrogen) atoms. The van der Waals surface area contributed by atoms with Gasteiger partial charge in [0.15, 0.2) is 0 Å². The minimum Gasteiger partial charge on any atom is -0.326 e. The molecule has 1 nitrogen and oxygen atoms in total. The van der Waals surface area contributed by atoms with Crippen LogP contribution in [0.5, 0.6) is 0 Å². The molecule has 0 saturated heterocycles. The van der Waals surface area contributed by atoms with E-state index in [0.717, 1.165) is 3.57 Å². The summed E-state index contributed by atoms with van der Waals surface area (Å²) in [6, 6.07) is 3.45. The second kappa shape index (κ2) is 3.82. The molecule has 0 spiro atoms. The van der Waals surface area contributed by atoms with Crippen LogP contribution < -0.4 is 5.73 Å². The lowest BCUT2D eigenvalue weighted by molar-refractivity contribution is 0.603. The highest BCUT2D eigenvalue weighted by atomic mass is 127. The number of hydrogen-bond donors (Lipinski definition) is 1. The number of rotatable bonds is 1. The predicted molar refractivity (Wildman–Crippen MR) is 54.7 cm³/mol. The molecule has 0 amide bonds. The van der Waals surface area contributed by atoms with Crippen LogP contribution in [0.15, 0.2) is 16.6 Å². The second-order valence-corrected chi connectivity index (χ2v) is 4.16. The Morgan fingerprint density at radius 2 is 2.18 bits per heavy atom. The molecule has 0 aliphatic rings. The van der Waals surface area contributed by atoms with E-state index in [1.807, 2.05) is 0 Å². The lowest BCUT2D eigenvalue weighted by atomic mass is 10.2. The van der Waals surface area contributed by atoms with Crippen LogP contribution in [0.25, 0.3) is 0 Å². The third-order valence-corrected chi connectivity index (χ3v) is 2.49. The first-order valence-electron chi connectivity index (χ1n) is 2.98. The lowest BCUT2D eigenvalue weighted by Crippen LogP contribution is -2.00. The van der Waals surface area contributed by atoms with E-state index in [-0.39, 0.29) is 12.4 Å². The van der Waals surface area contributed by atoms with Gasteiger partial charge in [-0.3, -0.25) is 0 Å². The predicted octanol–water partition coefficient (Wildman–Crippen LogP) is 2.65. The number of halogens is 3. The molecule has 1 rings (SSSR count). The van der Waals surface area contributed by atoms with Crippen molar-refractivity contribution >= 4 is 38.5 Å². The van der Waals surface area contributed by atoms with E-state index >= 15 is 0 Å². The number of benzene rings is 1. The summed E-state index contributed by atoms with van der Waals surface area (Å²) in [5, 5.41) is 0. The van der Waals surface area contributed by atoms with Gasteiger partial charge in [-0.05, 0) is 50.7 Å². The van der Waals surface area contributed by atoms with Crippen molar-refractivity contribution in [2.75, 3.05) is 0 Å². The molecule has 1 aromatic carbocycles. The van der Waals surface area contributed by atoms with Gasteiger partial charge in [0.1, 0.15) is 5.82 Å². The van der Waals surface area contributed by atoms with Gasteiger partial charge in [0.05, 0.1) is 4.47 Å². The Morgan fingerprint density at radius 3 is 2.73 bits per heavy atom. The lowest BCUT2D eigenvalue weighted by Gasteiger charge is -2.02. The van der Waals surface area contributed by atoms with Gasteiger partial charge in [0.25, 0.3) is 0 Å². The fraction of sp³-hybridized carbons (Fsp3) is 0.143. The van der Waals surface area contributed by atoms with Gasteiger partial charge >= 0.3 is 0 Å². The minimum absolute atomic E-state index is 0.237. The van der Waals surface area contributed by atoms with Crippen molar-refractivity contribution in [3.05, 3.63) is 31.6 Å². The SMILES string of the molecule is NCc1cc(I)cc(Br)c1F. The van der Waals surface area contributed by atoms with Crippen molar-refractivity contribution < 1.29 is 4.39 Å². The minimum atomic E-state index is -0.257. The molecule has 0 heterocycles. The summed E-state index contributed by atoms with van der Waals surface area (Å²) in [6.07, 6.45) is 0. The Balaban J connectivity index is 3.24. The molecule has 0 fully saturated rings. The molecule has 60 valence electrons. The molecule has 1 aromatic rings. The highest BCUT2D eigenvalue weighted by Crippen LogP contribution is 2.21. The van der Waals surface area contributed by atoms with E-state index in [1.165, 1.54) is 0 Å². The molecule has 0 aliphatic carbocycles. The van der Waals surface area contributed by atoms with Crippen LogP contribution in [0, 0.1) is 9.39 Å². The summed E-state index contributed by atoms with van der Waals surface area (Å²) in [5.41, 5.74) is 5.87. The Bertz CT molecular complexity index is 277. The average Bonchev–Trinajstić information content (AvgIpc) is 1.96. The van der Waals surface area contributed by atoms with Crippen molar-refractivity contribution in [2.45, 2.75) is 6.54 Å². The van der Waals surface area contributed by atoms with Crippen LogP contribution >= 0.6 is 38.5 Å². The molecule has 0 unspecified atom stereocenters. The Kier molecular flexibility index (Phi) is 3.27. The van der Waals surface area contributed by atoms with E-state index < -0.39 is 0 Å². The molecule has 4 heteroatoms. The van der Waals surface area contributed by atoms with Gasteiger partial charge in [-0.25, -0.2) is 4.39 Å². The van der Waals surface area contributed by atoms with Crippen molar-refractivity contribution in [3.63, 3.8) is 0 Å². The van der Waals surface area contributed by atoms with Gasteiger partial charge < -0.3 is 5.73 Å². The number of hydrogen-bond acceptors (Lipinski definition) is 1. The molecule has 2 N–H and O–H groups in total. The topological polar surface area (TPSA) is 26.0 Å². The number of nitrogens with two attached hydrogens (primary N) is 1. The second-order valence-electron chi connectivity index (χ2n) is 2.06. The summed E-state index contributed by atoms with van der Waals surface area (Å²) < 4.78 is 14.5. The van der Waals surface area contributed by atoms with Crippen molar-refractivity contribution in [1.82, 2.24) is 0 Å². The smallest absolute Gasteiger partial charge is 0.141 e. The summed E-state index contributed by atoms with van der Waals surface area (Å²) in [4.78, 5) is 0. The fourth-order valence-electron chi connectivity index (χ4n) is 0.758. The molecular weight excluding hydrogens is 324 g/mol. The Morgan fingerprint density at radius 1 is 1.55 bits per heavy atom. The first kappa shape index (κ1) is 9.41. The standard InChI is InChI=1S/C7H6BrFIN/c8-6-2-5(10)1-4(3-11)7(6)9/h1-2H,3,11H2. The van der Waals surface area contributed by atoms with Gasteiger partial charge in [-0.2, -0.15) is 0 Å². The maximum Gasteiger partial charge on any atom is 0.141 e. The first-order chi connectivity index (χ1) is 5.15. The highest BCUT2D eigenvalue weighted by molar-refractivity contribution is 14.1. The summed E-state index contributed by atoms with van der Waals surface area (Å²) in [6.45, 7) is 0.237. The van der Waals surface area contributed by atoms with Gasteiger partial charge in [0, 0.05) is 15.7 Å². The van der Waals surface area contributed by atoms with Crippen LogP contribution in [0.2, 0.25) is 0 Å². The summed E-state index contributed by atoms with van der Waals surface area (Å²) in [7, 11) is 0. The first-order valence-corrected chi connectivity index (χ1v) is 4.86. The largest absolute Gasteiger partial charge is 0.326 e. The van der Waals surface area contributed by atoms with Crippen LogP contribution in [-0.4, -0.2) is 0 Å². The van der Waals surface area contributed by atoms with Gasteiger partial charge in [-0.15, -0.1) is 0 Å². The van der Waals surface area contributed by atoms with Crippen LogP contribution in [0.4, 0.5) is 4.39 Å². The zero-order valence-electron chi connectivity index (χ0n) is 5.57. The maximum absolute atomic E-state index is 13.1. The third-order valence-electron chi connectivity index (χ3n) is 1.29. The van der Waals surface area contributed by atoms with E-state index in [0.29, 0.717) is 10.0 Å². The third kappa shape index (κ3) is 2.13. The molecule has 0 aromatic heterocycles. The van der Waals surface area contributed by atoms with E-state index in [9.17, 15) is 4.39 Å². The van der Waals surface area contributed by atoms with E-state index in [4.69, 9.17) is 5.73 Å². The fourth-order valence-corrected chi connectivity index (χ4v) is 2.37. The zero-order valence-corrected chi connectivity index (χ0v) is 9.32. The van der Waals surface area contributed by atoms with Crippen LogP contribution in [0.3, 0.4) is 0 Å². The zero-order chi connectivity index (χ0) is 8.43. The Hall–Kier alpha value is 0.320. The monoisotopic (exact) mass is 329 g/mol. The van der Waals surface area contributed by atoms with Crippen molar-refractivity contribution in [1.29, 1.82) is 0 Å². The average molecular weight is 330 g/mol.